The Hall–Kier alpha value is -1.11. The molecule has 0 aliphatic carbocycles. The number of hydrogen-bond donors (Lipinski definition) is 3. The summed E-state index contributed by atoms with van der Waals surface area (Å²) in [6.45, 7) is 1.44. The number of nitrogens with zero attached hydrogens (tertiary/aromatic N) is 2. The molecule has 2 rings (SSSR count). The third-order valence-corrected chi connectivity index (χ3v) is 4.20. The Morgan fingerprint density at radius 1 is 1.55 bits per heavy atom. The number of nitrogen functional groups attached to an aromatic ring is 1. The molecule has 1 fully saturated rings. The zero-order valence-electron chi connectivity index (χ0n) is 11.8. The van der Waals surface area contributed by atoms with E-state index in [1.807, 2.05) is 32.3 Å². The van der Waals surface area contributed by atoms with Crippen LogP contribution in [0.25, 0.3) is 0 Å². The molecular formula is C14H21BrN4O. The predicted octanol–water partition coefficient (Wildman–Crippen LogP) is 1.23. The minimum atomic E-state index is -0.335. The van der Waals surface area contributed by atoms with Crippen LogP contribution in [0.1, 0.15) is 12.0 Å². The Kier molecular flexibility index (Phi) is 4.67. The average Bonchev–Trinajstić information content (AvgIpc) is 2.68. The summed E-state index contributed by atoms with van der Waals surface area (Å²) in [5, 5.41) is 17.8. The van der Waals surface area contributed by atoms with E-state index in [2.05, 4.69) is 25.7 Å². The van der Waals surface area contributed by atoms with Gasteiger partial charge in [-0.15, -0.1) is 0 Å². The van der Waals surface area contributed by atoms with Crippen molar-refractivity contribution in [3.63, 3.8) is 0 Å². The first kappa shape index (κ1) is 15.3. The lowest BCUT2D eigenvalue weighted by atomic mass is 10.1. The molecule has 0 spiro atoms. The lowest BCUT2D eigenvalue weighted by Crippen LogP contribution is -2.38. The molecular weight excluding hydrogens is 320 g/mol. The summed E-state index contributed by atoms with van der Waals surface area (Å²) in [6.07, 6.45) is 0.404. The fourth-order valence-corrected chi connectivity index (χ4v) is 3.37. The molecule has 0 aromatic heterocycles. The predicted molar refractivity (Wildman–Crippen MR) is 85.5 cm³/mol. The van der Waals surface area contributed by atoms with Crippen molar-refractivity contribution in [2.75, 3.05) is 32.1 Å². The SMILES string of the molecule is CN(C)CC1CC(O)CN1c1cccc(Br)c1C(=N)N. The molecule has 2 atom stereocenters. The molecule has 1 aromatic carbocycles. The summed E-state index contributed by atoms with van der Waals surface area (Å²) in [6, 6.07) is 6.01. The van der Waals surface area contributed by atoms with Crippen LogP contribution in [0.4, 0.5) is 5.69 Å². The van der Waals surface area contributed by atoms with E-state index in [4.69, 9.17) is 11.1 Å². The Morgan fingerprint density at radius 3 is 2.85 bits per heavy atom. The van der Waals surface area contributed by atoms with Gasteiger partial charge in [0.15, 0.2) is 0 Å². The van der Waals surface area contributed by atoms with Gasteiger partial charge in [-0.25, -0.2) is 0 Å². The molecule has 1 saturated heterocycles. The Labute approximate surface area is 128 Å². The van der Waals surface area contributed by atoms with Crippen molar-refractivity contribution in [3.05, 3.63) is 28.2 Å². The molecule has 1 aliphatic rings. The number of aliphatic hydroxyl groups excluding tert-OH is 1. The van der Waals surface area contributed by atoms with Gasteiger partial charge < -0.3 is 20.6 Å². The van der Waals surface area contributed by atoms with Crippen LogP contribution in [0.3, 0.4) is 0 Å². The van der Waals surface area contributed by atoms with E-state index in [0.29, 0.717) is 12.1 Å². The second-order valence-electron chi connectivity index (χ2n) is 5.51. The monoisotopic (exact) mass is 340 g/mol. The van der Waals surface area contributed by atoms with Crippen molar-refractivity contribution >= 4 is 27.5 Å². The van der Waals surface area contributed by atoms with E-state index in [0.717, 1.165) is 23.1 Å². The van der Waals surface area contributed by atoms with Gasteiger partial charge in [-0.3, -0.25) is 5.41 Å². The number of aliphatic hydroxyl groups is 1. The van der Waals surface area contributed by atoms with Crippen molar-refractivity contribution < 1.29 is 5.11 Å². The summed E-state index contributed by atoms with van der Waals surface area (Å²) in [5.41, 5.74) is 7.33. The highest BCUT2D eigenvalue weighted by Crippen LogP contribution is 2.32. The minimum Gasteiger partial charge on any atom is -0.391 e. The highest BCUT2D eigenvalue weighted by atomic mass is 79.9. The third-order valence-electron chi connectivity index (χ3n) is 3.54. The van der Waals surface area contributed by atoms with Gasteiger partial charge in [-0.05, 0) is 48.6 Å². The van der Waals surface area contributed by atoms with Gasteiger partial charge >= 0.3 is 0 Å². The van der Waals surface area contributed by atoms with Gasteiger partial charge in [0.1, 0.15) is 5.84 Å². The molecule has 2 unspecified atom stereocenters. The quantitative estimate of drug-likeness (QED) is 0.569. The number of rotatable bonds is 4. The molecule has 0 bridgehead atoms. The normalized spacial score (nSPS) is 22.6. The van der Waals surface area contributed by atoms with E-state index in [1.165, 1.54) is 0 Å². The third kappa shape index (κ3) is 3.13. The van der Waals surface area contributed by atoms with Crippen molar-refractivity contribution in [2.45, 2.75) is 18.6 Å². The molecule has 5 nitrogen and oxygen atoms in total. The lowest BCUT2D eigenvalue weighted by Gasteiger charge is -2.30. The van der Waals surface area contributed by atoms with E-state index >= 15 is 0 Å². The number of benzene rings is 1. The van der Waals surface area contributed by atoms with Crippen molar-refractivity contribution in [1.82, 2.24) is 4.90 Å². The van der Waals surface area contributed by atoms with Crippen LogP contribution >= 0.6 is 15.9 Å². The average molecular weight is 341 g/mol. The number of hydrogen-bond acceptors (Lipinski definition) is 4. The second-order valence-corrected chi connectivity index (χ2v) is 6.36. The molecule has 110 valence electrons. The molecule has 4 N–H and O–H groups in total. The molecule has 1 aromatic rings. The van der Waals surface area contributed by atoms with Gasteiger partial charge in [0.25, 0.3) is 0 Å². The molecule has 1 heterocycles. The molecule has 6 heteroatoms. The highest BCUT2D eigenvalue weighted by Gasteiger charge is 2.33. The van der Waals surface area contributed by atoms with E-state index in [-0.39, 0.29) is 18.0 Å². The van der Waals surface area contributed by atoms with Crippen LogP contribution in [-0.2, 0) is 0 Å². The summed E-state index contributed by atoms with van der Waals surface area (Å²) < 4.78 is 0.812. The Bertz CT molecular complexity index is 506. The smallest absolute Gasteiger partial charge is 0.126 e. The van der Waals surface area contributed by atoms with E-state index in [1.54, 1.807) is 0 Å². The number of amidine groups is 1. The van der Waals surface area contributed by atoms with Crippen LogP contribution in [0.15, 0.2) is 22.7 Å². The largest absolute Gasteiger partial charge is 0.391 e. The summed E-state index contributed by atoms with van der Waals surface area (Å²) in [4.78, 5) is 4.27. The van der Waals surface area contributed by atoms with Gasteiger partial charge in [0.2, 0.25) is 0 Å². The first-order valence-electron chi connectivity index (χ1n) is 6.62. The van der Waals surface area contributed by atoms with Gasteiger partial charge in [-0.2, -0.15) is 0 Å². The Balaban J connectivity index is 2.39. The Morgan fingerprint density at radius 2 is 2.25 bits per heavy atom. The molecule has 1 aliphatic heterocycles. The number of β-amino-alcohol motifs (C(OH)–C–C–N with tert-alkyl or cyclic N) is 1. The van der Waals surface area contributed by atoms with E-state index in [9.17, 15) is 5.11 Å². The summed E-state index contributed by atoms with van der Waals surface area (Å²) >= 11 is 3.46. The second kappa shape index (κ2) is 6.11. The van der Waals surface area contributed by atoms with Crippen LogP contribution in [0.5, 0.6) is 0 Å². The van der Waals surface area contributed by atoms with Gasteiger partial charge in [0.05, 0.1) is 11.7 Å². The maximum atomic E-state index is 9.99. The molecule has 0 amide bonds. The van der Waals surface area contributed by atoms with Crippen LogP contribution in [0, 0.1) is 5.41 Å². The highest BCUT2D eigenvalue weighted by molar-refractivity contribution is 9.10. The lowest BCUT2D eigenvalue weighted by molar-refractivity contribution is 0.191. The number of anilines is 1. The first-order chi connectivity index (χ1) is 9.40. The zero-order chi connectivity index (χ0) is 14.9. The van der Waals surface area contributed by atoms with Crippen LogP contribution in [-0.4, -0.2) is 55.2 Å². The number of nitrogens with two attached hydrogens (primary N) is 1. The maximum Gasteiger partial charge on any atom is 0.126 e. The maximum absolute atomic E-state index is 9.99. The van der Waals surface area contributed by atoms with Gasteiger partial charge in [0, 0.05) is 29.3 Å². The standard InChI is InChI=1S/C14H21BrN4O/c1-18(2)7-9-6-10(20)8-19(9)12-5-3-4-11(15)13(12)14(16)17/h3-5,9-10,20H,6-8H2,1-2H3,(H3,16,17). The summed E-state index contributed by atoms with van der Waals surface area (Å²) in [5.74, 6) is 0.0393. The number of halogens is 1. The molecule has 0 saturated carbocycles. The van der Waals surface area contributed by atoms with Gasteiger partial charge in [-0.1, -0.05) is 6.07 Å². The minimum absolute atomic E-state index is 0.0393. The van der Waals surface area contributed by atoms with E-state index < -0.39 is 0 Å². The zero-order valence-corrected chi connectivity index (χ0v) is 13.4. The van der Waals surface area contributed by atoms with Crippen LogP contribution in [0.2, 0.25) is 0 Å². The van der Waals surface area contributed by atoms with Crippen LogP contribution < -0.4 is 10.6 Å². The number of nitrogens with one attached hydrogen (secondary N) is 1. The van der Waals surface area contributed by atoms with Crippen molar-refractivity contribution in [2.24, 2.45) is 5.73 Å². The van der Waals surface area contributed by atoms with Crippen molar-refractivity contribution in [1.29, 1.82) is 5.41 Å². The first-order valence-corrected chi connectivity index (χ1v) is 7.41. The topological polar surface area (TPSA) is 76.6 Å². The fourth-order valence-electron chi connectivity index (χ4n) is 2.80. The summed E-state index contributed by atoms with van der Waals surface area (Å²) in [7, 11) is 4.05. The van der Waals surface area contributed by atoms with Crippen molar-refractivity contribution in [3.8, 4) is 0 Å². The fraction of sp³-hybridized carbons (Fsp3) is 0.500. The molecule has 20 heavy (non-hydrogen) atoms. The number of likely N-dealkylation sites (N-methyl/N-ethyl adjacent to an activating group) is 1. The molecule has 0 radical (unpaired) electrons.